The maximum atomic E-state index is 12.9. The van der Waals surface area contributed by atoms with Gasteiger partial charge < -0.3 is 10.8 Å². The van der Waals surface area contributed by atoms with Crippen LogP contribution in [-0.2, 0) is 4.79 Å². The normalized spacial score (nSPS) is 11.4. The number of carbonyl (C=O) groups is 1. The molecule has 0 saturated heterocycles. The molecule has 74 valence electrons. The SMILES string of the molecule is Cc1cc(F)cc(/C=C(/N)C(=O)O)c1. The first-order chi connectivity index (χ1) is 6.49. The van der Waals surface area contributed by atoms with E-state index in [9.17, 15) is 9.18 Å². The minimum Gasteiger partial charge on any atom is -0.477 e. The van der Waals surface area contributed by atoms with E-state index in [2.05, 4.69) is 0 Å². The molecule has 0 aliphatic heterocycles. The maximum Gasteiger partial charge on any atom is 0.351 e. The Morgan fingerprint density at radius 3 is 2.64 bits per heavy atom. The fourth-order valence-electron chi connectivity index (χ4n) is 1.09. The number of nitrogens with two attached hydrogens (primary N) is 1. The molecule has 0 saturated carbocycles. The number of rotatable bonds is 2. The Morgan fingerprint density at radius 1 is 1.50 bits per heavy atom. The summed E-state index contributed by atoms with van der Waals surface area (Å²) >= 11 is 0. The zero-order chi connectivity index (χ0) is 10.7. The Bertz CT molecular complexity index is 379. The summed E-state index contributed by atoms with van der Waals surface area (Å²) in [4.78, 5) is 10.4. The van der Waals surface area contributed by atoms with Gasteiger partial charge in [0.15, 0.2) is 0 Å². The van der Waals surface area contributed by atoms with Crippen molar-refractivity contribution >= 4 is 12.0 Å². The molecule has 1 aromatic rings. The Balaban J connectivity index is 3.08. The van der Waals surface area contributed by atoms with Crippen LogP contribution in [0.3, 0.4) is 0 Å². The van der Waals surface area contributed by atoms with Gasteiger partial charge in [-0.25, -0.2) is 9.18 Å². The Labute approximate surface area is 80.7 Å². The van der Waals surface area contributed by atoms with Gasteiger partial charge in [0, 0.05) is 0 Å². The Hall–Kier alpha value is -1.84. The van der Waals surface area contributed by atoms with Crippen LogP contribution >= 0.6 is 0 Å². The van der Waals surface area contributed by atoms with E-state index in [4.69, 9.17) is 10.8 Å². The van der Waals surface area contributed by atoms with E-state index in [1.54, 1.807) is 13.0 Å². The third-order valence-corrected chi connectivity index (χ3v) is 1.63. The van der Waals surface area contributed by atoms with E-state index >= 15 is 0 Å². The van der Waals surface area contributed by atoms with Gasteiger partial charge in [-0.3, -0.25) is 0 Å². The summed E-state index contributed by atoms with van der Waals surface area (Å²) in [5, 5.41) is 8.49. The molecule has 0 bridgehead atoms. The van der Waals surface area contributed by atoms with Gasteiger partial charge in [-0.15, -0.1) is 0 Å². The lowest BCUT2D eigenvalue weighted by Crippen LogP contribution is -2.09. The highest BCUT2D eigenvalue weighted by Gasteiger charge is 2.02. The fourth-order valence-corrected chi connectivity index (χ4v) is 1.09. The second-order valence-electron chi connectivity index (χ2n) is 2.97. The van der Waals surface area contributed by atoms with E-state index in [1.807, 2.05) is 0 Å². The average molecular weight is 195 g/mol. The lowest BCUT2D eigenvalue weighted by Gasteiger charge is -1.98. The number of aliphatic carboxylic acids is 1. The summed E-state index contributed by atoms with van der Waals surface area (Å²) in [5.41, 5.74) is 6.04. The highest BCUT2D eigenvalue weighted by Crippen LogP contribution is 2.10. The van der Waals surface area contributed by atoms with Crippen LogP contribution in [0.5, 0.6) is 0 Å². The number of hydrogen-bond acceptors (Lipinski definition) is 2. The van der Waals surface area contributed by atoms with Crippen molar-refractivity contribution in [2.75, 3.05) is 0 Å². The highest BCUT2D eigenvalue weighted by molar-refractivity contribution is 5.90. The number of carboxylic acids is 1. The summed E-state index contributed by atoms with van der Waals surface area (Å²) in [7, 11) is 0. The maximum absolute atomic E-state index is 12.9. The molecule has 3 nitrogen and oxygen atoms in total. The van der Waals surface area contributed by atoms with E-state index in [0.29, 0.717) is 5.56 Å². The predicted molar refractivity (Wildman–Crippen MR) is 50.9 cm³/mol. The smallest absolute Gasteiger partial charge is 0.351 e. The zero-order valence-corrected chi connectivity index (χ0v) is 7.62. The van der Waals surface area contributed by atoms with Crippen LogP contribution in [0.2, 0.25) is 0 Å². The van der Waals surface area contributed by atoms with Gasteiger partial charge in [0.2, 0.25) is 0 Å². The monoisotopic (exact) mass is 195 g/mol. The van der Waals surface area contributed by atoms with Gasteiger partial charge in [-0.1, -0.05) is 6.07 Å². The number of carboxylic acid groups (broad SMARTS) is 1. The van der Waals surface area contributed by atoms with E-state index in [0.717, 1.165) is 5.56 Å². The standard InChI is InChI=1S/C10H10FNO2/c1-6-2-7(4-8(11)3-6)5-9(12)10(13)14/h2-5H,12H2,1H3,(H,13,14)/b9-5+. The molecule has 3 N–H and O–H groups in total. The van der Waals surface area contributed by atoms with Crippen molar-refractivity contribution in [3.63, 3.8) is 0 Å². The first-order valence-corrected chi connectivity index (χ1v) is 3.96. The van der Waals surface area contributed by atoms with Crippen LogP contribution in [0.15, 0.2) is 23.9 Å². The molecular formula is C10H10FNO2. The van der Waals surface area contributed by atoms with E-state index in [-0.39, 0.29) is 5.70 Å². The lowest BCUT2D eigenvalue weighted by molar-refractivity contribution is -0.132. The summed E-state index contributed by atoms with van der Waals surface area (Å²) in [6, 6.07) is 4.23. The van der Waals surface area contributed by atoms with Crippen LogP contribution < -0.4 is 5.73 Å². The van der Waals surface area contributed by atoms with Crippen LogP contribution in [-0.4, -0.2) is 11.1 Å². The van der Waals surface area contributed by atoms with Gasteiger partial charge in [0.05, 0.1) is 0 Å². The molecule has 0 heterocycles. The van der Waals surface area contributed by atoms with Crippen molar-refractivity contribution in [1.82, 2.24) is 0 Å². The van der Waals surface area contributed by atoms with Gasteiger partial charge in [-0.05, 0) is 36.3 Å². The molecular weight excluding hydrogens is 185 g/mol. The molecule has 0 aliphatic carbocycles. The quantitative estimate of drug-likeness (QED) is 0.703. The minimum atomic E-state index is -1.22. The number of benzene rings is 1. The summed E-state index contributed by atoms with van der Waals surface area (Å²) in [6.45, 7) is 1.72. The van der Waals surface area contributed by atoms with Gasteiger partial charge in [0.1, 0.15) is 11.5 Å². The Kier molecular flexibility index (Phi) is 2.86. The zero-order valence-electron chi connectivity index (χ0n) is 7.62. The predicted octanol–water partition coefficient (Wildman–Crippen LogP) is 1.52. The third kappa shape index (κ3) is 2.58. The first-order valence-electron chi connectivity index (χ1n) is 3.96. The van der Waals surface area contributed by atoms with E-state index < -0.39 is 11.8 Å². The van der Waals surface area contributed by atoms with Crippen LogP contribution in [0.1, 0.15) is 11.1 Å². The van der Waals surface area contributed by atoms with Crippen LogP contribution in [0, 0.1) is 12.7 Å². The van der Waals surface area contributed by atoms with Gasteiger partial charge in [-0.2, -0.15) is 0 Å². The van der Waals surface area contributed by atoms with Crippen molar-refractivity contribution in [2.45, 2.75) is 6.92 Å². The fraction of sp³-hybridized carbons (Fsp3) is 0.100. The topological polar surface area (TPSA) is 63.3 Å². The van der Waals surface area contributed by atoms with Gasteiger partial charge >= 0.3 is 5.97 Å². The molecule has 1 aromatic carbocycles. The molecule has 1 rings (SSSR count). The van der Waals surface area contributed by atoms with Crippen molar-refractivity contribution in [2.24, 2.45) is 5.73 Å². The molecule has 0 unspecified atom stereocenters. The average Bonchev–Trinajstić information content (AvgIpc) is 2.01. The highest BCUT2D eigenvalue weighted by atomic mass is 19.1. The molecule has 4 heteroatoms. The molecule has 0 spiro atoms. The van der Waals surface area contributed by atoms with E-state index in [1.165, 1.54) is 18.2 Å². The second kappa shape index (κ2) is 3.91. The lowest BCUT2D eigenvalue weighted by atomic mass is 10.1. The molecule has 0 aliphatic rings. The molecule has 0 aromatic heterocycles. The number of halogens is 1. The van der Waals surface area contributed by atoms with Crippen molar-refractivity contribution in [1.29, 1.82) is 0 Å². The van der Waals surface area contributed by atoms with Crippen molar-refractivity contribution in [3.8, 4) is 0 Å². The summed E-state index contributed by atoms with van der Waals surface area (Å²) in [6.07, 6.45) is 1.22. The number of hydrogen-bond donors (Lipinski definition) is 2. The van der Waals surface area contributed by atoms with Crippen molar-refractivity contribution in [3.05, 3.63) is 40.8 Å². The Morgan fingerprint density at radius 2 is 2.14 bits per heavy atom. The third-order valence-electron chi connectivity index (χ3n) is 1.63. The molecule has 0 atom stereocenters. The van der Waals surface area contributed by atoms with Crippen LogP contribution in [0.4, 0.5) is 4.39 Å². The molecule has 0 fully saturated rings. The largest absolute Gasteiger partial charge is 0.477 e. The summed E-state index contributed by atoms with van der Waals surface area (Å²) in [5.74, 6) is -1.62. The molecule has 14 heavy (non-hydrogen) atoms. The van der Waals surface area contributed by atoms with Crippen LogP contribution in [0.25, 0.3) is 6.08 Å². The summed E-state index contributed by atoms with van der Waals surface area (Å²) < 4.78 is 12.9. The minimum absolute atomic E-state index is 0.310. The van der Waals surface area contributed by atoms with Crippen molar-refractivity contribution < 1.29 is 14.3 Å². The molecule has 0 radical (unpaired) electrons. The first kappa shape index (κ1) is 10.2. The molecule has 0 amide bonds. The van der Waals surface area contributed by atoms with Gasteiger partial charge in [0.25, 0.3) is 0 Å². The second-order valence-corrected chi connectivity index (χ2v) is 2.97. The number of aryl methyl sites for hydroxylation is 1.